The predicted molar refractivity (Wildman–Crippen MR) is 111 cm³/mol. The van der Waals surface area contributed by atoms with Crippen LogP contribution in [0.25, 0.3) is 0 Å². The number of hydrogen-bond acceptors (Lipinski definition) is 9. The molecule has 12 heteroatoms. The van der Waals surface area contributed by atoms with E-state index < -0.39 is 53.5 Å². The summed E-state index contributed by atoms with van der Waals surface area (Å²) < 4.78 is 5.52. The SMILES string of the molecule is C[C@@](O)(CO)[C@H](O)[C@@]12NC(=O)[C@@](O)(NC1=O)C(CSCc1cccc(C(=O)O)c1)CCO2. The van der Waals surface area contributed by atoms with Gasteiger partial charge in [-0.1, -0.05) is 12.1 Å². The molecule has 1 aromatic carbocycles. The minimum Gasteiger partial charge on any atom is -0.478 e. The van der Waals surface area contributed by atoms with Crippen LogP contribution in [0, 0.1) is 5.92 Å². The maximum atomic E-state index is 12.8. The van der Waals surface area contributed by atoms with Gasteiger partial charge in [-0.15, -0.1) is 0 Å². The number of aromatic carboxylic acids is 1. The first-order valence-electron chi connectivity index (χ1n) is 9.89. The number of carbonyl (C=O) groups is 3. The lowest BCUT2D eigenvalue weighted by atomic mass is 9.83. The summed E-state index contributed by atoms with van der Waals surface area (Å²) in [5.41, 5.74) is -5.92. The van der Waals surface area contributed by atoms with Gasteiger partial charge in [0.2, 0.25) is 5.72 Å². The summed E-state index contributed by atoms with van der Waals surface area (Å²) in [5, 5.41) is 54.6. The fraction of sp³-hybridized carbons (Fsp3) is 0.550. The van der Waals surface area contributed by atoms with Gasteiger partial charge in [0.1, 0.15) is 11.7 Å². The van der Waals surface area contributed by atoms with E-state index in [0.29, 0.717) is 5.75 Å². The fourth-order valence-electron chi connectivity index (χ4n) is 3.72. The maximum Gasteiger partial charge on any atom is 0.335 e. The fourth-order valence-corrected chi connectivity index (χ4v) is 4.94. The Kier molecular flexibility index (Phi) is 6.84. The first kappa shape index (κ1) is 24.4. The molecule has 0 aliphatic carbocycles. The Hall–Kier alpha value is -2.22. The average Bonchev–Trinajstić information content (AvgIpc) is 2.74. The van der Waals surface area contributed by atoms with Crippen LogP contribution in [0.3, 0.4) is 0 Å². The molecule has 11 nitrogen and oxygen atoms in total. The lowest BCUT2D eigenvalue weighted by molar-refractivity contribution is -0.240. The van der Waals surface area contributed by atoms with Crippen LogP contribution in [-0.4, -0.2) is 85.4 Å². The largest absolute Gasteiger partial charge is 0.478 e. The van der Waals surface area contributed by atoms with Crippen LogP contribution in [0.15, 0.2) is 24.3 Å². The number of piperazine rings is 1. The second kappa shape index (κ2) is 8.96. The predicted octanol–water partition coefficient (Wildman–Crippen LogP) is -1.61. The molecule has 2 bridgehead atoms. The van der Waals surface area contributed by atoms with Crippen LogP contribution in [0.1, 0.15) is 29.3 Å². The molecule has 3 saturated heterocycles. The van der Waals surface area contributed by atoms with Crippen LogP contribution < -0.4 is 10.6 Å². The Balaban J connectivity index is 1.74. The normalized spacial score (nSPS) is 30.5. The first-order valence-corrected chi connectivity index (χ1v) is 11.0. The minimum absolute atomic E-state index is 0.131. The standard InChI is InChI=1S/C20H26N2O9S/c1-18(29,10-23)15(26)20-17(28)21-19(30,16(27)22-20)13(5-6-31-20)9-32-8-11-3-2-4-12(7-11)14(24)25/h2-4,7,13,15,23,26,29-30H,5-6,8-10H2,1H3,(H,21,28)(H,22,27)(H,24,25)/t13?,15-,18+,19+,20-/m0/s1. The molecule has 0 spiro atoms. The van der Waals surface area contributed by atoms with Crippen LogP contribution in [-0.2, 0) is 20.1 Å². The molecule has 176 valence electrons. The van der Waals surface area contributed by atoms with Crippen molar-refractivity contribution in [3.05, 3.63) is 35.4 Å². The van der Waals surface area contributed by atoms with E-state index in [1.807, 2.05) is 0 Å². The van der Waals surface area contributed by atoms with E-state index in [9.17, 15) is 34.8 Å². The molecule has 0 radical (unpaired) electrons. The second-order valence-electron chi connectivity index (χ2n) is 8.18. The van der Waals surface area contributed by atoms with Crippen molar-refractivity contribution < 1.29 is 44.7 Å². The molecule has 5 atom stereocenters. The van der Waals surface area contributed by atoms with Crippen molar-refractivity contribution in [2.45, 2.75) is 42.3 Å². The van der Waals surface area contributed by atoms with E-state index in [2.05, 4.69) is 10.6 Å². The number of fused-ring (bicyclic) bond motifs is 5. The van der Waals surface area contributed by atoms with Crippen molar-refractivity contribution in [1.29, 1.82) is 0 Å². The van der Waals surface area contributed by atoms with E-state index in [0.717, 1.165) is 12.5 Å². The second-order valence-corrected chi connectivity index (χ2v) is 9.21. The summed E-state index contributed by atoms with van der Waals surface area (Å²) in [7, 11) is 0. The van der Waals surface area contributed by atoms with Crippen LogP contribution in [0.4, 0.5) is 0 Å². The van der Waals surface area contributed by atoms with E-state index in [1.54, 1.807) is 12.1 Å². The van der Waals surface area contributed by atoms with E-state index in [4.69, 9.17) is 9.84 Å². The Bertz CT molecular complexity index is 911. The topological polar surface area (TPSA) is 186 Å². The molecule has 1 unspecified atom stereocenters. The van der Waals surface area contributed by atoms with Gasteiger partial charge in [-0.2, -0.15) is 11.8 Å². The van der Waals surface area contributed by atoms with Gasteiger partial charge in [0.15, 0.2) is 0 Å². The highest BCUT2D eigenvalue weighted by atomic mass is 32.2. The van der Waals surface area contributed by atoms with Gasteiger partial charge in [-0.25, -0.2) is 4.79 Å². The van der Waals surface area contributed by atoms with Gasteiger partial charge < -0.3 is 40.9 Å². The number of amides is 2. The summed E-state index contributed by atoms with van der Waals surface area (Å²) in [6, 6.07) is 6.39. The van der Waals surface area contributed by atoms with Gasteiger partial charge in [-0.05, 0) is 31.0 Å². The summed E-state index contributed by atoms with van der Waals surface area (Å²) >= 11 is 1.34. The van der Waals surface area contributed by atoms with Crippen molar-refractivity contribution in [2.24, 2.45) is 5.92 Å². The molecule has 3 aliphatic rings. The van der Waals surface area contributed by atoms with Crippen molar-refractivity contribution in [1.82, 2.24) is 10.6 Å². The first-order chi connectivity index (χ1) is 15.0. The quantitative estimate of drug-likeness (QED) is 0.233. The molecule has 1 aromatic rings. The number of thioether (sulfide) groups is 1. The number of nitrogens with one attached hydrogen (secondary N) is 2. The zero-order chi connectivity index (χ0) is 23.7. The third kappa shape index (κ3) is 4.34. The summed E-state index contributed by atoms with van der Waals surface area (Å²) in [4.78, 5) is 36.7. The van der Waals surface area contributed by atoms with E-state index >= 15 is 0 Å². The molecule has 32 heavy (non-hydrogen) atoms. The summed E-state index contributed by atoms with van der Waals surface area (Å²) in [5.74, 6) is -3.22. The Labute approximate surface area is 187 Å². The van der Waals surface area contributed by atoms with Gasteiger partial charge >= 0.3 is 5.97 Å². The Morgan fingerprint density at radius 1 is 1.34 bits per heavy atom. The third-order valence-corrected chi connectivity index (χ3v) is 6.91. The highest BCUT2D eigenvalue weighted by molar-refractivity contribution is 7.98. The highest BCUT2D eigenvalue weighted by Gasteiger charge is 2.64. The summed E-state index contributed by atoms with van der Waals surface area (Å²) in [6.07, 6.45) is -1.87. The van der Waals surface area contributed by atoms with Crippen LogP contribution in [0.5, 0.6) is 0 Å². The van der Waals surface area contributed by atoms with Crippen molar-refractivity contribution in [3.8, 4) is 0 Å². The van der Waals surface area contributed by atoms with Gasteiger partial charge in [0, 0.05) is 17.4 Å². The molecule has 0 saturated carbocycles. The van der Waals surface area contributed by atoms with Crippen molar-refractivity contribution >= 4 is 29.5 Å². The number of rotatable bonds is 8. The summed E-state index contributed by atoms with van der Waals surface area (Å²) in [6.45, 7) is 0.0386. The lowest BCUT2D eigenvalue weighted by Gasteiger charge is -2.51. The molecular formula is C20H26N2O9S. The molecular weight excluding hydrogens is 444 g/mol. The number of aliphatic hydroxyl groups is 4. The molecule has 3 aliphatic heterocycles. The zero-order valence-corrected chi connectivity index (χ0v) is 18.1. The zero-order valence-electron chi connectivity index (χ0n) is 17.3. The average molecular weight is 471 g/mol. The molecule has 3 heterocycles. The number of carboxylic acids is 1. The number of carboxylic acid groups (broad SMARTS) is 1. The van der Waals surface area contributed by atoms with E-state index in [-0.39, 0.29) is 24.3 Å². The highest BCUT2D eigenvalue weighted by Crippen LogP contribution is 2.35. The number of carbonyl (C=O) groups excluding carboxylic acids is 2. The number of benzene rings is 1. The number of ether oxygens (including phenoxy) is 1. The molecule has 4 rings (SSSR count). The van der Waals surface area contributed by atoms with E-state index in [1.165, 1.54) is 23.9 Å². The molecule has 0 aromatic heterocycles. The lowest BCUT2D eigenvalue weighted by Crippen LogP contribution is -2.83. The Morgan fingerprint density at radius 2 is 2.06 bits per heavy atom. The smallest absolute Gasteiger partial charge is 0.335 e. The number of hydrogen-bond donors (Lipinski definition) is 7. The van der Waals surface area contributed by atoms with Gasteiger partial charge in [-0.3, -0.25) is 9.59 Å². The van der Waals surface area contributed by atoms with Crippen LogP contribution in [0.2, 0.25) is 0 Å². The molecule has 3 fully saturated rings. The van der Waals surface area contributed by atoms with Gasteiger partial charge in [0.05, 0.1) is 18.8 Å². The maximum absolute atomic E-state index is 12.8. The third-order valence-electron chi connectivity index (χ3n) is 5.73. The monoisotopic (exact) mass is 470 g/mol. The Morgan fingerprint density at radius 3 is 2.72 bits per heavy atom. The van der Waals surface area contributed by atoms with Crippen LogP contribution >= 0.6 is 11.8 Å². The minimum atomic E-state index is -2.37. The molecule has 2 amide bonds. The molecule has 7 N–H and O–H groups in total. The number of aliphatic hydroxyl groups excluding tert-OH is 2. The van der Waals surface area contributed by atoms with Crippen molar-refractivity contribution in [2.75, 3.05) is 19.0 Å². The van der Waals surface area contributed by atoms with Crippen molar-refractivity contribution in [3.63, 3.8) is 0 Å². The van der Waals surface area contributed by atoms with Gasteiger partial charge in [0.25, 0.3) is 17.5 Å².